The van der Waals surface area contributed by atoms with Crippen LogP contribution in [0.2, 0.25) is 0 Å². The fourth-order valence-corrected chi connectivity index (χ4v) is 3.98. The maximum Gasteiger partial charge on any atom is 0.301 e. The van der Waals surface area contributed by atoms with Crippen molar-refractivity contribution in [2.75, 3.05) is 5.43 Å². The molecular weight excluding hydrogens is 348 g/mol. The smallest absolute Gasteiger partial charge is 0.272 e. The van der Waals surface area contributed by atoms with Gasteiger partial charge in [-0.15, -0.1) is 0 Å². The average Bonchev–Trinajstić information content (AvgIpc) is 2.60. The average molecular weight is 376 g/mol. The molecule has 1 aromatic carbocycles. The molecule has 1 aliphatic carbocycles. The van der Waals surface area contributed by atoms with Crippen LogP contribution in [-0.4, -0.2) is 15.6 Å². The number of hydrogen-bond acceptors (Lipinski definition) is 6. The molecule has 1 aliphatic rings. The van der Waals surface area contributed by atoms with Gasteiger partial charge in [0.1, 0.15) is 5.69 Å². The van der Waals surface area contributed by atoms with Gasteiger partial charge in [-0.1, -0.05) is 34.1 Å². The van der Waals surface area contributed by atoms with Gasteiger partial charge in [0.15, 0.2) is 0 Å². The zero-order valence-electron chi connectivity index (χ0n) is 16.4. The van der Waals surface area contributed by atoms with Gasteiger partial charge in [0.25, 0.3) is 5.69 Å². The molecule has 0 saturated heterocycles. The molecule has 0 aromatic heterocycles. The van der Waals surface area contributed by atoms with Crippen LogP contribution < -0.4 is 5.43 Å². The standard InChI is InChI=1S/C19H28N4O4/c1-5-10-19(3,4)14-6-8-16(13(2)11-14)20-21-17-9-7-15(22(24)25)12-18(17)23(26)27/h7,9,12-14,21H,5-6,8,10-11H2,1-4H3/b20-16+/t13-,14-/m0/s1. The Balaban J connectivity index is 2.13. The molecule has 2 rings (SSSR count). The molecule has 2 atom stereocenters. The summed E-state index contributed by atoms with van der Waals surface area (Å²) in [7, 11) is 0. The normalized spacial score (nSPS) is 21.9. The van der Waals surface area contributed by atoms with Crippen molar-refractivity contribution in [3.63, 3.8) is 0 Å². The van der Waals surface area contributed by atoms with Crippen LogP contribution in [0, 0.1) is 37.5 Å². The van der Waals surface area contributed by atoms with Crippen molar-refractivity contribution in [2.45, 2.75) is 59.8 Å². The Morgan fingerprint density at radius 2 is 1.96 bits per heavy atom. The molecule has 8 heteroatoms. The number of nitrogens with one attached hydrogen (secondary N) is 1. The number of benzene rings is 1. The fraction of sp³-hybridized carbons (Fsp3) is 0.632. The second kappa shape index (κ2) is 8.45. The number of nitro benzene ring substituents is 2. The highest BCUT2D eigenvalue weighted by atomic mass is 16.6. The summed E-state index contributed by atoms with van der Waals surface area (Å²) in [6.45, 7) is 9.00. The summed E-state index contributed by atoms with van der Waals surface area (Å²) in [6, 6.07) is 3.53. The number of hydrogen-bond donors (Lipinski definition) is 1. The molecule has 148 valence electrons. The highest BCUT2D eigenvalue weighted by Crippen LogP contribution is 2.42. The highest BCUT2D eigenvalue weighted by molar-refractivity contribution is 5.88. The lowest BCUT2D eigenvalue weighted by atomic mass is 9.66. The van der Waals surface area contributed by atoms with Crippen molar-refractivity contribution in [2.24, 2.45) is 22.4 Å². The zero-order valence-corrected chi connectivity index (χ0v) is 16.4. The van der Waals surface area contributed by atoms with E-state index in [0.717, 1.165) is 31.0 Å². The molecule has 8 nitrogen and oxygen atoms in total. The number of nitro groups is 2. The van der Waals surface area contributed by atoms with E-state index in [4.69, 9.17) is 0 Å². The molecule has 0 amide bonds. The van der Waals surface area contributed by atoms with E-state index in [2.05, 4.69) is 38.2 Å². The van der Waals surface area contributed by atoms with Crippen molar-refractivity contribution in [3.8, 4) is 0 Å². The minimum Gasteiger partial charge on any atom is -0.272 e. The van der Waals surface area contributed by atoms with E-state index in [1.54, 1.807) is 0 Å². The molecule has 1 fully saturated rings. The van der Waals surface area contributed by atoms with Crippen LogP contribution in [0.1, 0.15) is 59.8 Å². The number of anilines is 1. The van der Waals surface area contributed by atoms with Gasteiger partial charge in [0.05, 0.1) is 15.9 Å². The van der Waals surface area contributed by atoms with Crippen LogP contribution in [0.4, 0.5) is 17.1 Å². The van der Waals surface area contributed by atoms with E-state index in [1.165, 1.54) is 25.0 Å². The Bertz CT molecular complexity index is 745. The molecule has 27 heavy (non-hydrogen) atoms. The molecule has 1 saturated carbocycles. The van der Waals surface area contributed by atoms with Crippen LogP contribution in [0.15, 0.2) is 23.3 Å². The predicted molar refractivity (Wildman–Crippen MR) is 106 cm³/mol. The van der Waals surface area contributed by atoms with E-state index in [0.29, 0.717) is 17.3 Å². The SMILES string of the molecule is CCCC(C)(C)[C@H]1CC/C(=N\Nc2ccc([N+](=O)[O-])cc2[N+](=O)[O-])[C@@H](C)C1. The van der Waals surface area contributed by atoms with Gasteiger partial charge >= 0.3 is 5.69 Å². The van der Waals surface area contributed by atoms with Gasteiger partial charge in [0, 0.05) is 11.8 Å². The van der Waals surface area contributed by atoms with Gasteiger partial charge in [0.2, 0.25) is 0 Å². The third kappa shape index (κ3) is 5.02. The molecule has 0 aliphatic heterocycles. The van der Waals surface area contributed by atoms with E-state index in [-0.39, 0.29) is 17.1 Å². The third-order valence-electron chi connectivity index (χ3n) is 5.66. The van der Waals surface area contributed by atoms with Crippen molar-refractivity contribution < 1.29 is 9.85 Å². The van der Waals surface area contributed by atoms with Crippen molar-refractivity contribution in [1.29, 1.82) is 0 Å². The topological polar surface area (TPSA) is 111 Å². The Morgan fingerprint density at radius 1 is 1.26 bits per heavy atom. The first kappa shape index (κ1) is 20.8. The van der Waals surface area contributed by atoms with E-state index in [9.17, 15) is 20.2 Å². The largest absolute Gasteiger partial charge is 0.301 e. The Kier molecular flexibility index (Phi) is 6.51. The fourth-order valence-electron chi connectivity index (χ4n) is 3.98. The lowest BCUT2D eigenvalue weighted by Gasteiger charge is -2.39. The molecule has 0 spiro atoms. The van der Waals surface area contributed by atoms with Crippen LogP contribution >= 0.6 is 0 Å². The predicted octanol–water partition coefficient (Wildman–Crippen LogP) is 5.53. The van der Waals surface area contributed by atoms with Crippen molar-refractivity contribution >= 4 is 22.8 Å². The van der Waals surface area contributed by atoms with E-state index >= 15 is 0 Å². The summed E-state index contributed by atoms with van der Waals surface area (Å²) in [6.07, 6.45) is 5.33. The molecule has 0 heterocycles. The van der Waals surface area contributed by atoms with Gasteiger partial charge in [-0.2, -0.15) is 5.10 Å². The molecule has 1 N–H and O–H groups in total. The lowest BCUT2D eigenvalue weighted by Crippen LogP contribution is -2.33. The summed E-state index contributed by atoms with van der Waals surface area (Å²) in [5.41, 5.74) is 3.56. The zero-order chi connectivity index (χ0) is 20.2. The quantitative estimate of drug-likeness (QED) is 0.496. The van der Waals surface area contributed by atoms with Crippen LogP contribution in [0.25, 0.3) is 0 Å². The second-order valence-corrected chi connectivity index (χ2v) is 8.04. The first-order valence-electron chi connectivity index (χ1n) is 9.41. The summed E-state index contributed by atoms with van der Waals surface area (Å²) >= 11 is 0. The number of hydrazone groups is 1. The molecular formula is C19H28N4O4. The van der Waals surface area contributed by atoms with Gasteiger partial charge in [-0.25, -0.2) is 0 Å². The Morgan fingerprint density at radius 3 is 2.52 bits per heavy atom. The molecule has 0 radical (unpaired) electrons. The van der Waals surface area contributed by atoms with Gasteiger partial charge in [-0.3, -0.25) is 25.7 Å². The monoisotopic (exact) mass is 376 g/mol. The summed E-state index contributed by atoms with van der Waals surface area (Å²) < 4.78 is 0. The molecule has 1 aromatic rings. The first-order valence-corrected chi connectivity index (χ1v) is 9.41. The van der Waals surface area contributed by atoms with E-state index in [1.807, 2.05) is 0 Å². The number of rotatable bonds is 7. The Labute approximate surface area is 159 Å². The van der Waals surface area contributed by atoms with Crippen LogP contribution in [-0.2, 0) is 0 Å². The molecule has 0 unspecified atom stereocenters. The second-order valence-electron chi connectivity index (χ2n) is 8.04. The number of nitrogens with zero attached hydrogens (tertiary/aromatic N) is 3. The summed E-state index contributed by atoms with van der Waals surface area (Å²) in [5, 5.41) is 26.5. The third-order valence-corrected chi connectivity index (χ3v) is 5.66. The minimum atomic E-state index is -0.649. The van der Waals surface area contributed by atoms with E-state index < -0.39 is 9.85 Å². The maximum absolute atomic E-state index is 11.2. The van der Waals surface area contributed by atoms with Crippen LogP contribution in [0.3, 0.4) is 0 Å². The Hall–Kier alpha value is -2.51. The minimum absolute atomic E-state index is 0.165. The van der Waals surface area contributed by atoms with Gasteiger partial charge < -0.3 is 0 Å². The lowest BCUT2D eigenvalue weighted by molar-refractivity contribution is -0.393. The van der Waals surface area contributed by atoms with Crippen molar-refractivity contribution in [3.05, 3.63) is 38.4 Å². The van der Waals surface area contributed by atoms with Crippen molar-refractivity contribution in [1.82, 2.24) is 0 Å². The molecule has 0 bridgehead atoms. The summed E-state index contributed by atoms with van der Waals surface area (Å²) in [4.78, 5) is 20.8. The highest BCUT2D eigenvalue weighted by Gasteiger charge is 2.34. The van der Waals surface area contributed by atoms with Crippen LogP contribution in [0.5, 0.6) is 0 Å². The first-order chi connectivity index (χ1) is 12.7. The maximum atomic E-state index is 11.2. The summed E-state index contributed by atoms with van der Waals surface area (Å²) in [5.74, 6) is 0.935. The van der Waals surface area contributed by atoms with Gasteiger partial charge in [-0.05, 0) is 49.0 Å². The number of non-ortho nitro benzene ring substituents is 1.